The maximum Gasteiger partial charge on any atom is 0.160 e. The largest absolute Gasteiger partial charge is 0.456 e. The molecule has 0 fully saturated rings. The Morgan fingerprint density at radius 2 is 1.27 bits per heavy atom. The average molecular weight is 422 g/mol. The molecule has 0 spiro atoms. The molecule has 0 bridgehead atoms. The molecule has 7 rings (SSSR count). The quantitative estimate of drug-likeness (QED) is 0.283. The van der Waals surface area contributed by atoms with Crippen LogP contribution in [0.4, 0.5) is 0 Å². The van der Waals surface area contributed by atoms with E-state index in [2.05, 4.69) is 66.7 Å². The van der Waals surface area contributed by atoms with Crippen LogP contribution in [-0.2, 0) is 0 Å². The van der Waals surface area contributed by atoms with Gasteiger partial charge < -0.3 is 4.42 Å². The summed E-state index contributed by atoms with van der Waals surface area (Å²) in [7, 11) is 0. The number of benzene rings is 5. The van der Waals surface area contributed by atoms with Crippen LogP contribution in [0.3, 0.4) is 0 Å². The van der Waals surface area contributed by atoms with E-state index in [-0.39, 0.29) is 0 Å². The highest BCUT2D eigenvalue weighted by Gasteiger charge is 2.18. The Morgan fingerprint density at radius 1 is 0.515 bits per heavy atom. The molecule has 0 saturated carbocycles. The first-order chi connectivity index (χ1) is 16.4. The van der Waals surface area contributed by atoms with E-state index in [0.717, 1.165) is 55.5 Å². The maximum atomic E-state index is 6.31. The smallest absolute Gasteiger partial charge is 0.160 e. The molecule has 0 amide bonds. The van der Waals surface area contributed by atoms with Gasteiger partial charge in [0.2, 0.25) is 0 Å². The van der Waals surface area contributed by atoms with Crippen LogP contribution in [0.2, 0.25) is 0 Å². The van der Waals surface area contributed by atoms with Gasteiger partial charge >= 0.3 is 0 Å². The Hall–Kier alpha value is -4.50. The second-order valence-electron chi connectivity index (χ2n) is 8.22. The van der Waals surface area contributed by atoms with Crippen LogP contribution < -0.4 is 0 Å². The summed E-state index contributed by atoms with van der Waals surface area (Å²) in [6, 6.07) is 37.2. The number of para-hydroxylation sites is 1. The predicted molar refractivity (Wildman–Crippen MR) is 135 cm³/mol. The highest BCUT2D eigenvalue weighted by Crippen LogP contribution is 2.41. The highest BCUT2D eigenvalue weighted by atomic mass is 16.3. The van der Waals surface area contributed by atoms with Crippen LogP contribution >= 0.6 is 0 Å². The van der Waals surface area contributed by atoms with Crippen molar-refractivity contribution in [3.05, 3.63) is 109 Å². The van der Waals surface area contributed by atoms with E-state index in [9.17, 15) is 0 Å². The van der Waals surface area contributed by atoms with E-state index < -0.39 is 0 Å². The van der Waals surface area contributed by atoms with Crippen molar-refractivity contribution in [1.29, 1.82) is 0 Å². The number of hydrogen-bond acceptors (Lipinski definition) is 3. The normalized spacial score (nSPS) is 11.6. The fourth-order valence-corrected chi connectivity index (χ4v) is 4.78. The number of aromatic nitrogens is 2. The van der Waals surface area contributed by atoms with Gasteiger partial charge in [0.1, 0.15) is 11.2 Å². The predicted octanol–water partition coefficient (Wildman–Crippen LogP) is 8.02. The Labute approximate surface area is 190 Å². The van der Waals surface area contributed by atoms with E-state index in [0.29, 0.717) is 0 Å². The van der Waals surface area contributed by atoms with Gasteiger partial charge in [-0.2, -0.15) is 0 Å². The van der Waals surface area contributed by atoms with Crippen molar-refractivity contribution in [3.63, 3.8) is 0 Å². The van der Waals surface area contributed by atoms with Crippen LogP contribution in [0.15, 0.2) is 114 Å². The third-order valence-corrected chi connectivity index (χ3v) is 6.28. The first kappa shape index (κ1) is 18.1. The lowest BCUT2D eigenvalue weighted by Crippen LogP contribution is -1.95. The van der Waals surface area contributed by atoms with Gasteiger partial charge in [-0.05, 0) is 29.0 Å². The summed E-state index contributed by atoms with van der Waals surface area (Å²) < 4.78 is 6.31. The van der Waals surface area contributed by atoms with Crippen molar-refractivity contribution in [1.82, 2.24) is 9.97 Å². The first-order valence-electron chi connectivity index (χ1n) is 11.0. The summed E-state index contributed by atoms with van der Waals surface area (Å²) >= 11 is 0. The van der Waals surface area contributed by atoms with Gasteiger partial charge in [0.15, 0.2) is 5.82 Å². The number of fused-ring (bicyclic) bond motifs is 6. The lowest BCUT2D eigenvalue weighted by atomic mass is 9.97. The monoisotopic (exact) mass is 422 g/mol. The Balaban J connectivity index is 1.64. The molecule has 0 aliphatic rings. The minimum atomic E-state index is 0.721. The third-order valence-electron chi connectivity index (χ3n) is 6.28. The van der Waals surface area contributed by atoms with E-state index in [1.54, 1.807) is 0 Å². The van der Waals surface area contributed by atoms with Gasteiger partial charge in [-0.3, -0.25) is 0 Å². The minimum Gasteiger partial charge on any atom is -0.456 e. The molecule has 2 heterocycles. The number of nitrogens with zero attached hydrogens (tertiary/aromatic N) is 2. The van der Waals surface area contributed by atoms with Crippen molar-refractivity contribution < 1.29 is 4.42 Å². The number of rotatable bonds is 2. The van der Waals surface area contributed by atoms with E-state index >= 15 is 0 Å². The fraction of sp³-hybridized carbons (Fsp3) is 0. The Bertz CT molecular complexity index is 1820. The topological polar surface area (TPSA) is 38.9 Å². The van der Waals surface area contributed by atoms with Crippen molar-refractivity contribution >= 4 is 43.6 Å². The number of hydrogen-bond donors (Lipinski definition) is 0. The van der Waals surface area contributed by atoms with Crippen molar-refractivity contribution in [2.75, 3.05) is 0 Å². The third kappa shape index (κ3) is 2.76. The maximum absolute atomic E-state index is 6.31. The second kappa shape index (κ2) is 7.01. The zero-order valence-electron chi connectivity index (χ0n) is 17.7. The van der Waals surface area contributed by atoms with E-state index in [1.807, 2.05) is 42.5 Å². The molecule has 0 atom stereocenters. The Morgan fingerprint density at radius 3 is 2.18 bits per heavy atom. The molecular weight excluding hydrogens is 404 g/mol. The van der Waals surface area contributed by atoms with Crippen LogP contribution in [0.5, 0.6) is 0 Å². The molecule has 0 aliphatic carbocycles. The molecule has 0 unspecified atom stereocenters. The lowest BCUT2D eigenvalue weighted by Gasteiger charge is -2.10. The molecule has 0 aliphatic heterocycles. The minimum absolute atomic E-state index is 0.721. The van der Waals surface area contributed by atoms with Crippen LogP contribution in [0, 0.1) is 0 Å². The van der Waals surface area contributed by atoms with Gasteiger partial charge in [-0.1, -0.05) is 91.0 Å². The van der Waals surface area contributed by atoms with E-state index in [4.69, 9.17) is 14.4 Å². The van der Waals surface area contributed by atoms with Gasteiger partial charge in [-0.15, -0.1) is 0 Å². The molecule has 3 nitrogen and oxygen atoms in total. The number of furan rings is 1. The standard InChI is InChI=1S/C30H18N2O/c1-2-10-20(11-3-1)30-31-24-15-7-6-13-22(24)29(32-30)23-14-8-16-25-28(23)27-21-12-5-4-9-19(21)17-18-26(27)33-25/h1-18H. The lowest BCUT2D eigenvalue weighted by molar-refractivity contribution is 0.669. The second-order valence-corrected chi connectivity index (χ2v) is 8.22. The molecule has 0 N–H and O–H groups in total. The van der Waals surface area contributed by atoms with Crippen LogP contribution in [0.25, 0.3) is 66.3 Å². The summed E-state index contributed by atoms with van der Waals surface area (Å²) in [6.07, 6.45) is 0. The van der Waals surface area contributed by atoms with Gasteiger partial charge in [0, 0.05) is 27.3 Å². The highest BCUT2D eigenvalue weighted by molar-refractivity contribution is 6.23. The summed E-state index contributed by atoms with van der Waals surface area (Å²) in [5.74, 6) is 0.721. The molecule has 0 radical (unpaired) electrons. The first-order valence-corrected chi connectivity index (χ1v) is 11.0. The van der Waals surface area contributed by atoms with Crippen molar-refractivity contribution in [3.8, 4) is 22.6 Å². The van der Waals surface area contributed by atoms with Gasteiger partial charge in [0.25, 0.3) is 0 Å². The molecule has 2 aromatic heterocycles. The van der Waals surface area contributed by atoms with Crippen molar-refractivity contribution in [2.45, 2.75) is 0 Å². The zero-order valence-corrected chi connectivity index (χ0v) is 17.7. The van der Waals surface area contributed by atoms with Gasteiger partial charge in [0.05, 0.1) is 11.2 Å². The fourth-order valence-electron chi connectivity index (χ4n) is 4.78. The van der Waals surface area contributed by atoms with E-state index in [1.165, 1.54) is 10.8 Å². The molecule has 7 aromatic rings. The molecule has 33 heavy (non-hydrogen) atoms. The summed E-state index contributed by atoms with van der Waals surface area (Å²) in [6.45, 7) is 0. The molecule has 5 aromatic carbocycles. The zero-order chi connectivity index (χ0) is 21.8. The van der Waals surface area contributed by atoms with Crippen LogP contribution in [0.1, 0.15) is 0 Å². The Kier molecular flexibility index (Phi) is 3.84. The van der Waals surface area contributed by atoms with Gasteiger partial charge in [-0.25, -0.2) is 9.97 Å². The molecule has 154 valence electrons. The average Bonchev–Trinajstić information content (AvgIpc) is 3.28. The van der Waals surface area contributed by atoms with Crippen LogP contribution in [-0.4, -0.2) is 9.97 Å². The summed E-state index contributed by atoms with van der Waals surface area (Å²) in [5.41, 5.74) is 5.65. The SMILES string of the molecule is c1ccc(-c2nc(-c3cccc4oc5ccc6ccccc6c5c34)c3ccccc3n2)cc1. The molecule has 3 heteroatoms. The molecule has 0 saturated heterocycles. The summed E-state index contributed by atoms with van der Waals surface area (Å²) in [4.78, 5) is 9.98. The molecular formula is C30H18N2O. The van der Waals surface area contributed by atoms with Crippen molar-refractivity contribution in [2.24, 2.45) is 0 Å². The summed E-state index contributed by atoms with van der Waals surface area (Å²) in [5, 5.41) is 5.62.